The summed E-state index contributed by atoms with van der Waals surface area (Å²) in [4.78, 5) is 27.8. The van der Waals surface area contributed by atoms with Crippen molar-refractivity contribution in [1.82, 2.24) is 9.80 Å². The molecule has 1 amide bonds. The highest BCUT2D eigenvalue weighted by atomic mass is 16.5. The molecule has 2 heterocycles. The molecule has 120 valence electrons. The summed E-state index contributed by atoms with van der Waals surface area (Å²) in [7, 11) is 1.38. The highest BCUT2D eigenvalue weighted by Crippen LogP contribution is 2.17. The maximum Gasteiger partial charge on any atom is 0.308 e. The van der Waals surface area contributed by atoms with Gasteiger partial charge in [0.25, 0.3) is 0 Å². The van der Waals surface area contributed by atoms with E-state index in [9.17, 15) is 9.59 Å². The predicted molar refractivity (Wildman–Crippen MR) is 77.8 cm³/mol. The third kappa shape index (κ3) is 4.68. The van der Waals surface area contributed by atoms with Crippen LogP contribution in [0.15, 0.2) is 0 Å². The van der Waals surface area contributed by atoms with Crippen molar-refractivity contribution in [3.8, 4) is 0 Å². The molecule has 2 aliphatic heterocycles. The first-order valence-corrected chi connectivity index (χ1v) is 7.80. The number of esters is 1. The van der Waals surface area contributed by atoms with Crippen LogP contribution in [-0.4, -0.2) is 73.7 Å². The lowest BCUT2D eigenvalue weighted by Gasteiger charge is -2.37. The fourth-order valence-corrected chi connectivity index (χ4v) is 3.07. The largest absolute Gasteiger partial charge is 0.469 e. The van der Waals surface area contributed by atoms with Crippen LogP contribution in [0.3, 0.4) is 0 Å². The van der Waals surface area contributed by atoms with E-state index in [1.54, 1.807) is 0 Å². The number of hydrogen-bond donors (Lipinski definition) is 0. The number of hydrogen-bond acceptors (Lipinski definition) is 5. The summed E-state index contributed by atoms with van der Waals surface area (Å²) in [5.41, 5.74) is 0. The van der Waals surface area contributed by atoms with E-state index in [1.807, 2.05) is 4.90 Å². The molecule has 0 aromatic heterocycles. The van der Waals surface area contributed by atoms with Crippen molar-refractivity contribution < 1.29 is 19.1 Å². The number of methoxy groups -OCH3 is 1. The van der Waals surface area contributed by atoms with Crippen molar-refractivity contribution in [2.24, 2.45) is 0 Å². The Morgan fingerprint density at radius 3 is 2.81 bits per heavy atom. The zero-order valence-corrected chi connectivity index (χ0v) is 13.0. The average Bonchev–Trinajstić information content (AvgIpc) is 2.47. The molecule has 2 atom stereocenters. The van der Waals surface area contributed by atoms with Crippen LogP contribution in [-0.2, 0) is 19.1 Å². The zero-order valence-electron chi connectivity index (χ0n) is 13.0. The highest BCUT2D eigenvalue weighted by molar-refractivity contribution is 5.78. The molecule has 0 N–H and O–H groups in total. The van der Waals surface area contributed by atoms with Gasteiger partial charge in [0.2, 0.25) is 5.91 Å². The number of piperidine rings is 1. The van der Waals surface area contributed by atoms with Crippen LogP contribution in [0.5, 0.6) is 0 Å². The standard InChI is InChI=1S/C15H26N2O4/c1-12-5-3-4-6-17(12)14(18)11-16-7-8-21-13(10-16)9-15(19)20-2/h12-13H,3-11H2,1-2H3. The molecule has 6 heteroatoms. The van der Waals surface area contributed by atoms with Gasteiger partial charge in [-0.05, 0) is 26.2 Å². The van der Waals surface area contributed by atoms with Crippen molar-refractivity contribution in [2.75, 3.05) is 39.9 Å². The van der Waals surface area contributed by atoms with Crippen molar-refractivity contribution in [3.63, 3.8) is 0 Å². The fourth-order valence-electron chi connectivity index (χ4n) is 3.07. The molecule has 0 aromatic carbocycles. The van der Waals surface area contributed by atoms with Gasteiger partial charge >= 0.3 is 5.97 Å². The number of carbonyl (C=O) groups excluding carboxylic acids is 2. The van der Waals surface area contributed by atoms with Gasteiger partial charge in [-0.25, -0.2) is 0 Å². The summed E-state index contributed by atoms with van der Waals surface area (Å²) in [5, 5.41) is 0. The van der Waals surface area contributed by atoms with E-state index < -0.39 is 0 Å². The Balaban J connectivity index is 1.81. The van der Waals surface area contributed by atoms with Gasteiger partial charge in [-0.2, -0.15) is 0 Å². The van der Waals surface area contributed by atoms with Gasteiger partial charge in [-0.1, -0.05) is 0 Å². The first-order chi connectivity index (χ1) is 10.1. The summed E-state index contributed by atoms with van der Waals surface area (Å²) >= 11 is 0. The molecule has 0 radical (unpaired) electrons. The molecule has 2 fully saturated rings. The molecule has 0 bridgehead atoms. The monoisotopic (exact) mass is 298 g/mol. The first-order valence-electron chi connectivity index (χ1n) is 7.80. The van der Waals surface area contributed by atoms with Gasteiger partial charge in [-0.3, -0.25) is 14.5 Å². The summed E-state index contributed by atoms with van der Waals surface area (Å²) in [5.74, 6) is -0.0706. The second-order valence-corrected chi connectivity index (χ2v) is 5.94. The average molecular weight is 298 g/mol. The third-order valence-corrected chi connectivity index (χ3v) is 4.33. The van der Waals surface area contributed by atoms with Gasteiger partial charge in [0.15, 0.2) is 0 Å². The number of morpholine rings is 1. The number of rotatable bonds is 4. The van der Waals surface area contributed by atoms with E-state index in [2.05, 4.69) is 16.6 Å². The minimum absolute atomic E-state index is 0.169. The minimum atomic E-state index is -0.266. The lowest BCUT2D eigenvalue weighted by atomic mass is 10.0. The molecule has 2 saturated heterocycles. The maximum atomic E-state index is 12.4. The summed E-state index contributed by atoms with van der Waals surface area (Å²) in [6, 6.07) is 0.346. The van der Waals surface area contributed by atoms with Gasteiger partial charge in [0, 0.05) is 25.7 Å². The molecule has 0 aromatic rings. The van der Waals surface area contributed by atoms with Crippen LogP contribution in [0, 0.1) is 0 Å². The lowest BCUT2D eigenvalue weighted by molar-refractivity contribution is -0.146. The fraction of sp³-hybridized carbons (Fsp3) is 0.867. The van der Waals surface area contributed by atoms with Crippen LogP contribution in [0.4, 0.5) is 0 Å². The number of likely N-dealkylation sites (tertiary alicyclic amines) is 1. The Bertz CT molecular complexity index is 375. The topological polar surface area (TPSA) is 59.1 Å². The van der Waals surface area contributed by atoms with Gasteiger partial charge in [-0.15, -0.1) is 0 Å². The molecule has 0 spiro atoms. The number of nitrogens with zero attached hydrogens (tertiary/aromatic N) is 2. The Hall–Kier alpha value is -1.14. The zero-order chi connectivity index (χ0) is 15.2. The van der Waals surface area contributed by atoms with E-state index >= 15 is 0 Å². The van der Waals surface area contributed by atoms with Crippen LogP contribution >= 0.6 is 0 Å². The molecule has 0 aliphatic carbocycles. The number of carbonyl (C=O) groups is 2. The van der Waals surface area contributed by atoms with Crippen molar-refractivity contribution >= 4 is 11.9 Å². The Kier molecular flexibility index (Phi) is 5.99. The number of amides is 1. The second-order valence-electron chi connectivity index (χ2n) is 5.94. The molecule has 21 heavy (non-hydrogen) atoms. The van der Waals surface area contributed by atoms with Gasteiger partial charge in [0.1, 0.15) is 0 Å². The normalized spacial score (nSPS) is 27.4. The van der Waals surface area contributed by atoms with E-state index in [1.165, 1.54) is 13.5 Å². The lowest BCUT2D eigenvalue weighted by Crippen LogP contribution is -2.51. The molecule has 2 aliphatic rings. The highest BCUT2D eigenvalue weighted by Gasteiger charge is 2.28. The molecule has 2 unspecified atom stereocenters. The number of ether oxygens (including phenoxy) is 2. The molecule has 2 rings (SSSR count). The molecular weight excluding hydrogens is 272 g/mol. The smallest absolute Gasteiger partial charge is 0.308 e. The molecule has 6 nitrogen and oxygen atoms in total. The van der Waals surface area contributed by atoms with Crippen LogP contribution < -0.4 is 0 Å². The van der Waals surface area contributed by atoms with Crippen molar-refractivity contribution in [1.29, 1.82) is 0 Å². The third-order valence-electron chi connectivity index (χ3n) is 4.33. The predicted octanol–water partition coefficient (Wildman–Crippen LogP) is 0.651. The maximum absolute atomic E-state index is 12.4. The molecular formula is C15H26N2O4. The Labute approximate surface area is 126 Å². The van der Waals surface area contributed by atoms with E-state index in [4.69, 9.17) is 4.74 Å². The van der Waals surface area contributed by atoms with Crippen LogP contribution in [0.1, 0.15) is 32.6 Å². The quantitative estimate of drug-likeness (QED) is 0.713. The Morgan fingerprint density at radius 2 is 2.10 bits per heavy atom. The summed E-state index contributed by atoms with van der Waals surface area (Å²) in [6.45, 7) is 5.33. The summed E-state index contributed by atoms with van der Waals surface area (Å²) in [6.07, 6.45) is 3.49. The van der Waals surface area contributed by atoms with E-state index in [0.29, 0.717) is 25.7 Å². The van der Waals surface area contributed by atoms with Crippen molar-refractivity contribution in [2.45, 2.75) is 44.8 Å². The molecule has 0 saturated carbocycles. The van der Waals surface area contributed by atoms with Crippen LogP contribution in [0.2, 0.25) is 0 Å². The van der Waals surface area contributed by atoms with E-state index in [-0.39, 0.29) is 24.4 Å². The summed E-state index contributed by atoms with van der Waals surface area (Å²) < 4.78 is 10.2. The van der Waals surface area contributed by atoms with Gasteiger partial charge in [0.05, 0.1) is 32.8 Å². The van der Waals surface area contributed by atoms with Gasteiger partial charge < -0.3 is 14.4 Å². The van der Waals surface area contributed by atoms with Crippen LogP contribution in [0.25, 0.3) is 0 Å². The second kappa shape index (κ2) is 7.75. The minimum Gasteiger partial charge on any atom is -0.469 e. The van der Waals surface area contributed by atoms with E-state index in [0.717, 1.165) is 25.9 Å². The first kappa shape index (κ1) is 16.2. The SMILES string of the molecule is COC(=O)CC1CN(CC(=O)N2CCCCC2C)CCO1. The van der Waals surface area contributed by atoms with Crippen molar-refractivity contribution in [3.05, 3.63) is 0 Å². The Morgan fingerprint density at radius 1 is 1.29 bits per heavy atom.